The molecule has 0 aliphatic rings. The first-order valence-corrected chi connectivity index (χ1v) is 10.2. The molecular weight excluding hydrogens is 330 g/mol. The highest BCUT2D eigenvalue weighted by molar-refractivity contribution is 5.20. The standard InChI is InChI=1S/C22H40NO.ClH/c1-4-5-6-7-8-9-10-11-12-13-14-18-21-23(2,3)24-22-19-16-15-17-20-22;/h15-17,19-20H,4-14,18,21H2,1-3H3;1H/q+1;/p-1. The number of benzene rings is 1. The lowest BCUT2D eigenvalue weighted by atomic mass is 10.1. The Kier molecular flexibility index (Phi) is 15.1. The molecule has 0 aliphatic carbocycles. The molecule has 0 unspecified atom stereocenters. The first-order chi connectivity index (χ1) is 11.6. The van der Waals surface area contributed by atoms with Crippen molar-refractivity contribution < 1.29 is 21.9 Å². The van der Waals surface area contributed by atoms with Gasteiger partial charge in [0.15, 0.2) is 5.75 Å². The average Bonchev–Trinajstić information content (AvgIpc) is 2.56. The van der Waals surface area contributed by atoms with Crippen molar-refractivity contribution in [1.29, 1.82) is 0 Å². The van der Waals surface area contributed by atoms with E-state index in [0.29, 0.717) is 4.65 Å². The lowest BCUT2D eigenvalue weighted by Crippen LogP contribution is -3.00. The van der Waals surface area contributed by atoms with E-state index in [1.165, 1.54) is 77.0 Å². The Morgan fingerprint density at radius 1 is 0.680 bits per heavy atom. The van der Waals surface area contributed by atoms with Crippen molar-refractivity contribution >= 4 is 0 Å². The van der Waals surface area contributed by atoms with Crippen LogP contribution in [0.2, 0.25) is 0 Å². The van der Waals surface area contributed by atoms with Crippen molar-refractivity contribution in [3.05, 3.63) is 30.3 Å². The lowest BCUT2D eigenvalue weighted by molar-refractivity contribution is -1.05. The molecule has 0 amide bonds. The molecule has 0 atom stereocenters. The van der Waals surface area contributed by atoms with Crippen LogP contribution in [-0.4, -0.2) is 25.3 Å². The number of quaternary nitrogens is 1. The second-order valence-corrected chi connectivity index (χ2v) is 7.59. The average molecular weight is 370 g/mol. The molecule has 0 heterocycles. The van der Waals surface area contributed by atoms with Crippen LogP contribution in [0.1, 0.15) is 84.0 Å². The molecule has 0 aromatic heterocycles. The summed E-state index contributed by atoms with van der Waals surface area (Å²) < 4.78 is 0.613. The molecule has 0 aliphatic heterocycles. The number of hydrogen-bond acceptors (Lipinski definition) is 1. The minimum Gasteiger partial charge on any atom is -1.00 e. The van der Waals surface area contributed by atoms with Gasteiger partial charge in [-0.15, -0.1) is 4.65 Å². The third kappa shape index (κ3) is 14.2. The summed E-state index contributed by atoms with van der Waals surface area (Å²) in [6.07, 6.45) is 16.8. The van der Waals surface area contributed by atoms with Gasteiger partial charge in [0.25, 0.3) is 0 Å². The van der Waals surface area contributed by atoms with E-state index in [9.17, 15) is 0 Å². The summed E-state index contributed by atoms with van der Waals surface area (Å²) in [5, 5.41) is 0. The second-order valence-electron chi connectivity index (χ2n) is 7.59. The summed E-state index contributed by atoms with van der Waals surface area (Å²) in [7, 11) is 4.29. The maximum Gasteiger partial charge on any atom is 0.190 e. The van der Waals surface area contributed by atoms with Crippen molar-refractivity contribution in [2.24, 2.45) is 0 Å². The van der Waals surface area contributed by atoms with Crippen molar-refractivity contribution in [1.82, 2.24) is 0 Å². The molecule has 1 rings (SSSR count). The first kappa shape index (κ1) is 24.3. The van der Waals surface area contributed by atoms with Gasteiger partial charge in [-0.3, -0.25) is 0 Å². The molecule has 0 saturated carbocycles. The summed E-state index contributed by atoms with van der Waals surface area (Å²) in [5.74, 6) is 0.960. The Morgan fingerprint density at radius 2 is 1.12 bits per heavy atom. The highest BCUT2D eigenvalue weighted by atomic mass is 35.5. The minimum atomic E-state index is 0. The van der Waals surface area contributed by atoms with Crippen LogP contribution in [0.25, 0.3) is 0 Å². The fourth-order valence-corrected chi connectivity index (χ4v) is 3.15. The summed E-state index contributed by atoms with van der Waals surface area (Å²) >= 11 is 0. The summed E-state index contributed by atoms with van der Waals surface area (Å²) in [4.78, 5) is 6.04. The van der Waals surface area contributed by atoms with Gasteiger partial charge < -0.3 is 17.2 Å². The number of para-hydroxylation sites is 1. The smallest absolute Gasteiger partial charge is 0.190 e. The van der Waals surface area contributed by atoms with Gasteiger partial charge in [0.05, 0.1) is 0 Å². The molecular formula is C22H40ClNO. The predicted molar refractivity (Wildman–Crippen MR) is 105 cm³/mol. The lowest BCUT2D eigenvalue weighted by Gasteiger charge is -2.27. The molecule has 0 saturated heterocycles. The highest BCUT2D eigenvalue weighted by Gasteiger charge is 2.17. The number of rotatable bonds is 15. The molecule has 3 heteroatoms. The van der Waals surface area contributed by atoms with E-state index in [2.05, 4.69) is 21.0 Å². The van der Waals surface area contributed by atoms with Gasteiger partial charge in [-0.05, 0) is 18.6 Å². The van der Waals surface area contributed by atoms with Gasteiger partial charge in [0.1, 0.15) is 20.6 Å². The molecule has 0 spiro atoms. The van der Waals surface area contributed by atoms with Gasteiger partial charge >= 0.3 is 0 Å². The van der Waals surface area contributed by atoms with Crippen LogP contribution in [-0.2, 0) is 0 Å². The van der Waals surface area contributed by atoms with Crippen molar-refractivity contribution in [2.45, 2.75) is 84.0 Å². The zero-order chi connectivity index (χ0) is 17.5. The molecule has 0 radical (unpaired) electrons. The number of hydroxylamine groups is 3. The van der Waals surface area contributed by atoms with Gasteiger partial charge in [-0.1, -0.05) is 89.3 Å². The van der Waals surface area contributed by atoms with Crippen molar-refractivity contribution in [3.8, 4) is 5.75 Å². The molecule has 0 bridgehead atoms. The van der Waals surface area contributed by atoms with Gasteiger partial charge in [-0.25, -0.2) is 0 Å². The Hall–Kier alpha value is -0.730. The zero-order valence-electron chi connectivity index (χ0n) is 16.8. The summed E-state index contributed by atoms with van der Waals surface area (Å²) in [5.41, 5.74) is 0. The van der Waals surface area contributed by atoms with E-state index < -0.39 is 0 Å². The third-order valence-electron chi connectivity index (χ3n) is 4.65. The van der Waals surface area contributed by atoms with Gasteiger partial charge in [-0.2, -0.15) is 0 Å². The molecule has 0 N–H and O–H groups in total. The van der Waals surface area contributed by atoms with Gasteiger partial charge in [0, 0.05) is 6.42 Å². The molecule has 1 aromatic rings. The largest absolute Gasteiger partial charge is 1.00 e. The van der Waals surface area contributed by atoms with E-state index in [1.807, 2.05) is 30.3 Å². The van der Waals surface area contributed by atoms with E-state index in [-0.39, 0.29) is 12.4 Å². The van der Waals surface area contributed by atoms with Crippen molar-refractivity contribution in [3.63, 3.8) is 0 Å². The van der Waals surface area contributed by atoms with E-state index >= 15 is 0 Å². The monoisotopic (exact) mass is 369 g/mol. The van der Waals surface area contributed by atoms with Crippen LogP contribution in [0, 0.1) is 0 Å². The normalized spacial score (nSPS) is 11.2. The van der Waals surface area contributed by atoms with E-state index in [4.69, 9.17) is 4.84 Å². The molecule has 146 valence electrons. The predicted octanol–water partition coefficient (Wildman–Crippen LogP) is 3.76. The maximum absolute atomic E-state index is 6.04. The number of unbranched alkanes of at least 4 members (excludes halogenated alkanes) is 11. The van der Waals surface area contributed by atoms with Crippen LogP contribution in [0.5, 0.6) is 5.75 Å². The second kappa shape index (κ2) is 15.5. The number of nitrogens with zero attached hydrogens (tertiary/aromatic N) is 1. The molecule has 0 fully saturated rings. The third-order valence-corrected chi connectivity index (χ3v) is 4.65. The first-order valence-electron chi connectivity index (χ1n) is 10.2. The van der Waals surface area contributed by atoms with E-state index in [0.717, 1.165) is 12.3 Å². The molecule has 1 aromatic carbocycles. The topological polar surface area (TPSA) is 9.23 Å². The maximum atomic E-state index is 6.04. The zero-order valence-corrected chi connectivity index (χ0v) is 17.6. The number of halogens is 1. The van der Waals surface area contributed by atoms with Crippen LogP contribution >= 0.6 is 0 Å². The fraction of sp³-hybridized carbons (Fsp3) is 0.727. The summed E-state index contributed by atoms with van der Waals surface area (Å²) in [6, 6.07) is 10.1. The summed E-state index contributed by atoms with van der Waals surface area (Å²) in [6.45, 7) is 3.36. The minimum absolute atomic E-state index is 0. The van der Waals surface area contributed by atoms with Crippen LogP contribution < -0.4 is 17.2 Å². The quantitative estimate of drug-likeness (QED) is 0.260. The van der Waals surface area contributed by atoms with Crippen LogP contribution in [0.4, 0.5) is 0 Å². The number of hydrogen-bond donors (Lipinski definition) is 0. The molecule has 2 nitrogen and oxygen atoms in total. The fourth-order valence-electron chi connectivity index (χ4n) is 3.15. The highest BCUT2D eigenvalue weighted by Crippen LogP contribution is 2.16. The van der Waals surface area contributed by atoms with Crippen LogP contribution in [0.15, 0.2) is 30.3 Å². The Morgan fingerprint density at radius 3 is 1.60 bits per heavy atom. The van der Waals surface area contributed by atoms with Gasteiger partial charge in [0.2, 0.25) is 0 Å². The van der Waals surface area contributed by atoms with Crippen LogP contribution in [0.3, 0.4) is 0 Å². The SMILES string of the molecule is CCCCCCCCCCCCCC[N+](C)(C)Oc1ccccc1.[Cl-]. The molecule has 25 heavy (non-hydrogen) atoms. The Labute approximate surface area is 162 Å². The van der Waals surface area contributed by atoms with Crippen molar-refractivity contribution in [2.75, 3.05) is 20.6 Å². The van der Waals surface area contributed by atoms with E-state index in [1.54, 1.807) is 0 Å². The Balaban J connectivity index is 0.00000576. The Bertz CT molecular complexity index is 394.